The third-order valence-corrected chi connectivity index (χ3v) is 7.05. The fraction of sp³-hybridized carbons (Fsp3) is 0.250. The van der Waals surface area contributed by atoms with Crippen LogP contribution in [0.2, 0.25) is 0 Å². The first-order valence-electron chi connectivity index (χ1n) is 10.8. The number of amides is 1. The topological polar surface area (TPSA) is 67.2 Å². The molecule has 2 fully saturated rings. The number of thioether (sulfide) groups is 1. The first-order valence-corrected chi connectivity index (χ1v) is 12.0. The van der Waals surface area contributed by atoms with Crippen LogP contribution in [-0.4, -0.2) is 57.4 Å². The van der Waals surface area contributed by atoms with Crippen LogP contribution in [0.4, 0.5) is 5.82 Å². The van der Waals surface area contributed by atoms with Crippen molar-refractivity contribution in [3.8, 4) is 0 Å². The fourth-order valence-electron chi connectivity index (χ4n) is 3.94. The molecule has 0 aliphatic carbocycles. The van der Waals surface area contributed by atoms with Gasteiger partial charge in [0.2, 0.25) is 0 Å². The second-order valence-electron chi connectivity index (χ2n) is 7.75. The maximum atomic E-state index is 13.4. The number of thiocarbonyl (C=S) groups is 1. The maximum absolute atomic E-state index is 13.4. The van der Waals surface area contributed by atoms with E-state index in [1.165, 1.54) is 16.2 Å². The Labute approximate surface area is 200 Å². The number of carbonyl (C=O) groups excluding carboxylic acids is 1. The molecule has 3 aromatic rings. The molecule has 9 heteroatoms. The van der Waals surface area contributed by atoms with E-state index in [1.54, 1.807) is 29.3 Å². The molecule has 1 amide bonds. The van der Waals surface area contributed by atoms with Crippen molar-refractivity contribution in [2.24, 2.45) is 0 Å². The van der Waals surface area contributed by atoms with Gasteiger partial charge in [0.05, 0.1) is 23.7 Å². The first-order chi connectivity index (χ1) is 16.1. The molecule has 0 N–H and O–H groups in total. The van der Waals surface area contributed by atoms with Crippen molar-refractivity contribution in [3.63, 3.8) is 0 Å². The molecule has 2 saturated heterocycles. The molecule has 33 heavy (non-hydrogen) atoms. The van der Waals surface area contributed by atoms with Gasteiger partial charge in [0.25, 0.3) is 11.5 Å². The summed E-state index contributed by atoms with van der Waals surface area (Å²) in [6.07, 6.45) is 4.05. The SMILES string of the molecule is O=C1/C(=C\c2c(N3CCOCC3)nc3ccccn3c2=O)SC(=S)N1CCc1ccccc1. The number of aromatic nitrogens is 2. The number of rotatable bonds is 5. The first kappa shape index (κ1) is 21.8. The molecule has 2 aliphatic heterocycles. The number of fused-ring (bicyclic) bond motifs is 1. The molecule has 0 atom stereocenters. The maximum Gasteiger partial charge on any atom is 0.267 e. The van der Waals surface area contributed by atoms with Gasteiger partial charge in [-0.2, -0.15) is 0 Å². The second kappa shape index (κ2) is 9.46. The highest BCUT2D eigenvalue weighted by molar-refractivity contribution is 8.26. The number of morpholine rings is 1. The van der Waals surface area contributed by atoms with E-state index in [1.807, 2.05) is 41.3 Å². The van der Waals surface area contributed by atoms with E-state index in [-0.39, 0.29) is 11.5 Å². The number of pyridine rings is 1. The highest BCUT2D eigenvalue weighted by Crippen LogP contribution is 2.33. The van der Waals surface area contributed by atoms with Gasteiger partial charge in [-0.1, -0.05) is 60.4 Å². The number of ether oxygens (including phenoxy) is 1. The van der Waals surface area contributed by atoms with Gasteiger partial charge in [-0.25, -0.2) is 4.98 Å². The van der Waals surface area contributed by atoms with Crippen LogP contribution >= 0.6 is 24.0 Å². The van der Waals surface area contributed by atoms with Crippen LogP contribution in [-0.2, 0) is 16.0 Å². The lowest BCUT2D eigenvalue weighted by Gasteiger charge is -2.29. The molecule has 0 bridgehead atoms. The number of carbonyl (C=O) groups is 1. The van der Waals surface area contributed by atoms with Gasteiger partial charge in [0.1, 0.15) is 15.8 Å². The van der Waals surface area contributed by atoms with E-state index in [9.17, 15) is 9.59 Å². The van der Waals surface area contributed by atoms with Crippen LogP contribution in [0.3, 0.4) is 0 Å². The summed E-state index contributed by atoms with van der Waals surface area (Å²) >= 11 is 6.73. The minimum absolute atomic E-state index is 0.175. The number of anilines is 1. The van der Waals surface area contributed by atoms with Crippen molar-refractivity contribution in [2.75, 3.05) is 37.7 Å². The van der Waals surface area contributed by atoms with E-state index < -0.39 is 0 Å². The van der Waals surface area contributed by atoms with Gasteiger partial charge in [-0.05, 0) is 30.2 Å². The van der Waals surface area contributed by atoms with E-state index in [4.69, 9.17) is 21.9 Å². The Hall–Kier alpha value is -3.01. The highest BCUT2D eigenvalue weighted by atomic mass is 32.2. The fourth-order valence-corrected chi connectivity index (χ4v) is 5.23. The zero-order valence-corrected chi connectivity index (χ0v) is 19.5. The summed E-state index contributed by atoms with van der Waals surface area (Å²) < 4.78 is 7.48. The number of hydrogen-bond acceptors (Lipinski definition) is 7. The van der Waals surface area contributed by atoms with Crippen molar-refractivity contribution < 1.29 is 9.53 Å². The largest absolute Gasteiger partial charge is 0.378 e. The Bertz CT molecular complexity index is 1300. The van der Waals surface area contributed by atoms with Crippen LogP contribution in [0, 0.1) is 0 Å². The highest BCUT2D eigenvalue weighted by Gasteiger charge is 2.32. The van der Waals surface area contributed by atoms with Crippen molar-refractivity contribution in [1.82, 2.24) is 14.3 Å². The predicted molar refractivity (Wildman–Crippen MR) is 135 cm³/mol. The van der Waals surface area contributed by atoms with Gasteiger partial charge in [0.15, 0.2) is 0 Å². The summed E-state index contributed by atoms with van der Waals surface area (Å²) in [4.78, 5) is 35.5. The summed E-state index contributed by atoms with van der Waals surface area (Å²) in [7, 11) is 0. The van der Waals surface area contributed by atoms with Crippen LogP contribution < -0.4 is 10.5 Å². The van der Waals surface area contributed by atoms with E-state index in [0.29, 0.717) is 65.5 Å². The standard InChI is InChI=1S/C24H22N4O3S2/c29-22-18(21(26-12-14-31-15-13-26)25-20-8-4-5-10-27(20)22)16-19-23(30)28(24(32)33-19)11-9-17-6-2-1-3-7-17/h1-8,10,16H,9,11-15H2/b19-16+. The lowest BCUT2D eigenvalue weighted by Crippen LogP contribution is -2.38. The summed E-state index contributed by atoms with van der Waals surface area (Å²) in [6, 6.07) is 15.4. The van der Waals surface area contributed by atoms with Crippen molar-refractivity contribution in [2.45, 2.75) is 6.42 Å². The summed E-state index contributed by atoms with van der Waals surface area (Å²) in [5.74, 6) is 0.399. The van der Waals surface area contributed by atoms with E-state index in [2.05, 4.69) is 0 Å². The summed E-state index contributed by atoms with van der Waals surface area (Å²) in [5.41, 5.74) is 1.89. The molecule has 168 valence electrons. The molecule has 7 nitrogen and oxygen atoms in total. The Balaban J connectivity index is 1.50. The van der Waals surface area contributed by atoms with Gasteiger partial charge in [-0.15, -0.1) is 0 Å². The van der Waals surface area contributed by atoms with Gasteiger partial charge < -0.3 is 9.64 Å². The second-order valence-corrected chi connectivity index (χ2v) is 9.43. The lowest BCUT2D eigenvalue weighted by molar-refractivity contribution is -0.122. The molecular weight excluding hydrogens is 456 g/mol. The minimum Gasteiger partial charge on any atom is -0.378 e. The molecule has 1 aromatic carbocycles. The Morgan fingerprint density at radius 3 is 2.61 bits per heavy atom. The smallest absolute Gasteiger partial charge is 0.267 e. The molecule has 0 spiro atoms. The molecule has 5 rings (SSSR count). The average molecular weight is 479 g/mol. The third kappa shape index (κ3) is 4.44. The van der Waals surface area contributed by atoms with Gasteiger partial charge in [0, 0.05) is 25.8 Å². The van der Waals surface area contributed by atoms with E-state index in [0.717, 1.165) is 5.56 Å². The normalized spacial score (nSPS) is 18.0. The lowest BCUT2D eigenvalue weighted by atomic mass is 10.1. The minimum atomic E-state index is -0.211. The summed E-state index contributed by atoms with van der Waals surface area (Å²) in [6.45, 7) is 2.90. The summed E-state index contributed by atoms with van der Waals surface area (Å²) in [5, 5.41) is 0. The van der Waals surface area contributed by atoms with Crippen LogP contribution in [0.1, 0.15) is 11.1 Å². The molecule has 2 aromatic heterocycles. The van der Waals surface area contributed by atoms with Gasteiger partial charge >= 0.3 is 0 Å². The number of hydrogen-bond donors (Lipinski definition) is 0. The Kier molecular flexibility index (Phi) is 6.26. The third-order valence-electron chi connectivity index (χ3n) is 5.68. The van der Waals surface area contributed by atoms with Crippen molar-refractivity contribution in [1.29, 1.82) is 0 Å². The zero-order chi connectivity index (χ0) is 22.8. The van der Waals surface area contributed by atoms with Crippen LogP contribution in [0.5, 0.6) is 0 Å². The molecular formula is C24H22N4O3S2. The quantitative estimate of drug-likeness (QED) is 0.413. The van der Waals surface area contributed by atoms with Crippen molar-refractivity contribution in [3.05, 3.63) is 81.1 Å². The van der Waals surface area contributed by atoms with Gasteiger partial charge in [-0.3, -0.25) is 18.9 Å². The molecule has 0 saturated carbocycles. The van der Waals surface area contributed by atoms with Crippen LogP contribution in [0.25, 0.3) is 11.7 Å². The monoisotopic (exact) mass is 478 g/mol. The molecule has 4 heterocycles. The average Bonchev–Trinajstić information content (AvgIpc) is 3.12. The predicted octanol–water partition coefficient (Wildman–Crippen LogP) is 2.98. The Morgan fingerprint density at radius 2 is 1.82 bits per heavy atom. The molecule has 0 radical (unpaired) electrons. The molecule has 2 aliphatic rings. The van der Waals surface area contributed by atoms with Crippen LogP contribution in [0.15, 0.2) is 64.4 Å². The zero-order valence-electron chi connectivity index (χ0n) is 17.8. The number of nitrogens with zero attached hydrogens (tertiary/aromatic N) is 4. The van der Waals surface area contributed by atoms with E-state index >= 15 is 0 Å². The molecule has 0 unspecified atom stereocenters. The Morgan fingerprint density at radius 1 is 1.06 bits per heavy atom. The van der Waals surface area contributed by atoms with Crippen molar-refractivity contribution >= 4 is 51.7 Å². The number of benzene rings is 1.